The van der Waals surface area contributed by atoms with Gasteiger partial charge in [-0.25, -0.2) is 10.4 Å². The van der Waals surface area contributed by atoms with Gasteiger partial charge in [-0.3, -0.25) is 10.2 Å². The molecule has 7 nitrogen and oxygen atoms in total. The molecule has 0 radical (unpaired) electrons. The van der Waals surface area contributed by atoms with Gasteiger partial charge in [-0.05, 0) is 66.1 Å². The lowest BCUT2D eigenvalue weighted by Gasteiger charge is -2.31. The molecule has 0 fully saturated rings. The Morgan fingerprint density at radius 3 is 2.36 bits per heavy atom. The first-order chi connectivity index (χ1) is 21.4. The zero-order valence-corrected chi connectivity index (χ0v) is 27.7. The summed E-state index contributed by atoms with van der Waals surface area (Å²) in [5.41, 5.74) is 8.23. The van der Waals surface area contributed by atoms with E-state index in [1.165, 1.54) is 0 Å². The van der Waals surface area contributed by atoms with Crippen molar-refractivity contribution in [1.29, 1.82) is 0 Å². The van der Waals surface area contributed by atoms with Crippen LogP contribution in [0.4, 0.5) is 0 Å². The Balaban J connectivity index is 1.48. The van der Waals surface area contributed by atoms with Crippen molar-refractivity contribution in [2.24, 2.45) is 4.99 Å². The number of hydrogen-bond donors (Lipinski definition) is 3. The second-order valence-corrected chi connectivity index (χ2v) is 12.5. The largest absolute Gasteiger partial charge is 0.494 e. The molecule has 0 unspecified atom stereocenters. The SMILES string of the molecule is O=C(NNCCc1ccc(Cl)cc1)[C@@]1(Cc2ccccc2Br)N=C(c2ccc(OCCCO)cc2)O[C@H]1c1ccccc1Br. The second-order valence-electron chi connectivity index (χ2n) is 10.3. The second kappa shape index (κ2) is 15.2. The van der Waals surface area contributed by atoms with Crippen molar-refractivity contribution in [2.45, 2.75) is 30.9 Å². The number of rotatable bonds is 13. The van der Waals surface area contributed by atoms with Gasteiger partial charge in [-0.2, -0.15) is 0 Å². The average Bonchev–Trinajstić information content (AvgIpc) is 3.42. The number of aliphatic hydroxyl groups excluding tert-OH is 1. The summed E-state index contributed by atoms with van der Waals surface area (Å²) in [6.07, 6.45) is 0.779. The van der Waals surface area contributed by atoms with Crippen molar-refractivity contribution in [2.75, 3.05) is 19.8 Å². The molecule has 1 aliphatic heterocycles. The first-order valence-corrected chi connectivity index (χ1v) is 16.2. The number of ether oxygens (including phenoxy) is 2. The molecule has 44 heavy (non-hydrogen) atoms. The number of nitrogens with one attached hydrogen (secondary N) is 2. The molecule has 4 aromatic rings. The van der Waals surface area contributed by atoms with Crippen molar-refractivity contribution in [3.8, 4) is 5.75 Å². The van der Waals surface area contributed by atoms with Crippen LogP contribution in [0, 0.1) is 0 Å². The van der Waals surface area contributed by atoms with Gasteiger partial charge in [0.05, 0.1) is 6.61 Å². The Morgan fingerprint density at radius 2 is 1.66 bits per heavy atom. The van der Waals surface area contributed by atoms with E-state index in [9.17, 15) is 4.79 Å². The summed E-state index contributed by atoms with van der Waals surface area (Å²) in [7, 11) is 0. The number of nitrogens with zero attached hydrogens (tertiary/aromatic N) is 1. The number of carbonyl (C=O) groups is 1. The molecule has 1 aliphatic rings. The molecule has 228 valence electrons. The molecular weight excluding hydrogens is 710 g/mol. The van der Waals surface area contributed by atoms with Gasteiger partial charge in [-0.15, -0.1) is 0 Å². The predicted molar refractivity (Wildman–Crippen MR) is 180 cm³/mol. The minimum atomic E-state index is -1.35. The number of aliphatic hydroxyl groups is 1. The van der Waals surface area contributed by atoms with Crippen LogP contribution in [0.25, 0.3) is 0 Å². The van der Waals surface area contributed by atoms with Crippen LogP contribution < -0.4 is 15.6 Å². The lowest BCUT2D eigenvalue weighted by molar-refractivity contribution is -0.130. The van der Waals surface area contributed by atoms with Crippen LogP contribution in [0.1, 0.15) is 34.8 Å². The smallest absolute Gasteiger partial charge is 0.266 e. The van der Waals surface area contributed by atoms with Crippen molar-refractivity contribution in [3.05, 3.63) is 133 Å². The van der Waals surface area contributed by atoms with Crippen LogP contribution in [0.2, 0.25) is 5.02 Å². The number of hydrogen-bond acceptors (Lipinski definition) is 6. The molecule has 0 bridgehead atoms. The van der Waals surface area contributed by atoms with Gasteiger partial charge in [0.25, 0.3) is 5.91 Å². The minimum Gasteiger partial charge on any atom is -0.494 e. The van der Waals surface area contributed by atoms with Crippen LogP contribution in [0.5, 0.6) is 5.75 Å². The number of carbonyl (C=O) groups excluding carboxylic acids is 1. The van der Waals surface area contributed by atoms with Gasteiger partial charge in [0.1, 0.15) is 5.75 Å². The monoisotopic (exact) mass is 739 g/mol. The van der Waals surface area contributed by atoms with E-state index < -0.39 is 11.6 Å². The number of aliphatic imine (C=N–C) groups is 1. The van der Waals surface area contributed by atoms with Crippen molar-refractivity contribution >= 4 is 55.3 Å². The number of hydrazine groups is 1. The Hall–Kier alpha value is -3.21. The molecule has 10 heteroatoms. The quantitative estimate of drug-likeness (QED) is 0.102. The van der Waals surface area contributed by atoms with Gasteiger partial charge >= 0.3 is 0 Å². The molecule has 1 amide bonds. The first-order valence-electron chi connectivity index (χ1n) is 14.3. The molecule has 4 aromatic carbocycles. The third-order valence-electron chi connectivity index (χ3n) is 7.29. The van der Waals surface area contributed by atoms with Crippen molar-refractivity contribution in [1.82, 2.24) is 10.9 Å². The highest BCUT2D eigenvalue weighted by Gasteiger charge is 2.54. The van der Waals surface area contributed by atoms with Crippen LogP contribution in [-0.2, 0) is 22.4 Å². The Bertz CT molecular complexity index is 1600. The van der Waals surface area contributed by atoms with E-state index in [2.05, 4.69) is 42.7 Å². The lowest BCUT2D eigenvalue weighted by atomic mass is 9.82. The van der Waals surface area contributed by atoms with Gasteiger partial charge in [0.15, 0.2) is 11.6 Å². The Morgan fingerprint density at radius 1 is 0.955 bits per heavy atom. The molecule has 0 saturated heterocycles. The summed E-state index contributed by atoms with van der Waals surface area (Å²) >= 11 is 13.4. The summed E-state index contributed by atoms with van der Waals surface area (Å²) in [6, 6.07) is 30.6. The van der Waals surface area contributed by atoms with E-state index in [-0.39, 0.29) is 18.9 Å². The summed E-state index contributed by atoms with van der Waals surface area (Å²) < 4.78 is 14.0. The first kappa shape index (κ1) is 32.2. The third kappa shape index (κ3) is 7.71. The number of amides is 1. The fraction of sp³-hybridized carbons (Fsp3) is 0.235. The summed E-state index contributed by atoms with van der Waals surface area (Å²) in [5, 5.41) is 9.74. The maximum Gasteiger partial charge on any atom is 0.266 e. The van der Waals surface area contributed by atoms with Gasteiger partial charge in [-0.1, -0.05) is 92.0 Å². The molecule has 0 spiro atoms. The fourth-order valence-electron chi connectivity index (χ4n) is 4.99. The number of halogens is 3. The highest BCUT2D eigenvalue weighted by Crippen LogP contribution is 2.45. The maximum atomic E-state index is 14.4. The normalized spacial score (nSPS) is 17.5. The van der Waals surface area contributed by atoms with E-state index in [1.807, 2.05) is 97.1 Å². The summed E-state index contributed by atoms with van der Waals surface area (Å²) in [6.45, 7) is 0.988. The summed E-state index contributed by atoms with van der Waals surface area (Å²) in [4.78, 5) is 19.5. The lowest BCUT2D eigenvalue weighted by Crippen LogP contribution is -2.54. The minimum absolute atomic E-state index is 0.0663. The van der Waals surface area contributed by atoms with E-state index in [0.717, 1.165) is 25.6 Å². The van der Waals surface area contributed by atoms with Crippen molar-refractivity contribution < 1.29 is 19.4 Å². The molecule has 0 aliphatic carbocycles. The molecular formula is C34H32Br2ClN3O4. The topological polar surface area (TPSA) is 92.2 Å². The van der Waals surface area contributed by atoms with E-state index in [1.54, 1.807) is 0 Å². The van der Waals surface area contributed by atoms with Crippen molar-refractivity contribution in [3.63, 3.8) is 0 Å². The fourth-order valence-corrected chi connectivity index (χ4v) is 6.03. The summed E-state index contributed by atoms with van der Waals surface area (Å²) in [5.74, 6) is 0.713. The molecule has 0 saturated carbocycles. The van der Waals surface area contributed by atoms with E-state index >= 15 is 0 Å². The zero-order chi connectivity index (χ0) is 30.9. The maximum absolute atomic E-state index is 14.4. The molecule has 3 N–H and O–H groups in total. The zero-order valence-electron chi connectivity index (χ0n) is 23.8. The van der Waals surface area contributed by atoms with E-state index in [0.29, 0.717) is 48.2 Å². The molecule has 1 heterocycles. The predicted octanol–water partition coefficient (Wildman–Crippen LogP) is 6.99. The van der Waals surface area contributed by atoms with Crippen LogP contribution >= 0.6 is 43.5 Å². The average molecular weight is 742 g/mol. The van der Waals surface area contributed by atoms with Gasteiger partial charge in [0.2, 0.25) is 5.90 Å². The third-order valence-corrected chi connectivity index (χ3v) is 9.04. The molecule has 0 aromatic heterocycles. The van der Waals surface area contributed by atoms with Crippen LogP contribution in [-0.4, -0.2) is 42.2 Å². The number of benzene rings is 4. The highest BCUT2D eigenvalue weighted by molar-refractivity contribution is 9.10. The van der Waals surface area contributed by atoms with E-state index in [4.69, 9.17) is 31.2 Å². The van der Waals surface area contributed by atoms with Gasteiger partial charge < -0.3 is 14.6 Å². The van der Waals surface area contributed by atoms with Crippen LogP contribution in [0.15, 0.2) is 111 Å². The molecule has 5 rings (SSSR count). The van der Waals surface area contributed by atoms with Crippen LogP contribution in [0.3, 0.4) is 0 Å². The Labute approximate surface area is 278 Å². The van der Waals surface area contributed by atoms with Gasteiger partial charge in [0, 0.05) is 51.1 Å². The standard InChI is InChI=1S/C34H32Br2ClN3O4/c35-29-8-3-1-6-25(29)22-34(33(42)40-38-19-18-23-10-14-26(37)15-11-23)31(28-7-2-4-9-30(28)36)44-32(39-34)24-12-16-27(17-13-24)43-21-5-20-41/h1-4,6-17,31,38,41H,5,18-22H2,(H,40,42)/t31-,34-/m0/s1. The molecule has 2 atom stereocenters. The highest BCUT2D eigenvalue weighted by atomic mass is 79.9. The Kier molecular flexibility index (Phi) is 11.1.